The zero-order chi connectivity index (χ0) is 15.5. The molecule has 0 spiro atoms. The zero-order valence-corrected chi connectivity index (χ0v) is 13.7. The van der Waals surface area contributed by atoms with Crippen LogP contribution in [0.2, 0.25) is 5.02 Å². The molecule has 0 unspecified atom stereocenters. The van der Waals surface area contributed by atoms with E-state index in [-0.39, 0.29) is 11.4 Å². The maximum atomic E-state index is 7.29. The Morgan fingerprint density at radius 3 is 2.52 bits per heavy atom. The minimum absolute atomic E-state index is 0.0856. The highest BCUT2D eigenvalue weighted by molar-refractivity contribution is 6.30. The Labute approximate surface area is 132 Å². The van der Waals surface area contributed by atoms with Crippen molar-refractivity contribution < 1.29 is 0 Å². The van der Waals surface area contributed by atoms with Crippen LogP contribution < -0.4 is 10.6 Å². The van der Waals surface area contributed by atoms with Crippen LogP contribution in [0.5, 0.6) is 0 Å². The maximum Gasteiger partial charge on any atom is 0.0905 e. The van der Waals surface area contributed by atoms with Crippen molar-refractivity contribution in [1.82, 2.24) is 4.90 Å². The molecule has 4 nitrogen and oxygen atoms in total. The summed E-state index contributed by atoms with van der Waals surface area (Å²) < 4.78 is 0. The van der Waals surface area contributed by atoms with Crippen LogP contribution in [0, 0.1) is 5.41 Å². The van der Waals surface area contributed by atoms with Crippen LogP contribution in [-0.2, 0) is 0 Å². The van der Waals surface area contributed by atoms with Crippen molar-refractivity contribution >= 4 is 23.1 Å². The van der Waals surface area contributed by atoms with Crippen LogP contribution in [0.1, 0.15) is 26.7 Å². The number of nitrogens with one attached hydrogen (secondary N) is 1. The van der Waals surface area contributed by atoms with Gasteiger partial charge in [-0.05, 0) is 51.1 Å². The molecule has 0 aliphatic carbocycles. The quantitative estimate of drug-likeness (QED) is 0.649. The van der Waals surface area contributed by atoms with Gasteiger partial charge in [-0.25, -0.2) is 0 Å². The van der Waals surface area contributed by atoms with Gasteiger partial charge in [0.05, 0.1) is 5.84 Å². The van der Waals surface area contributed by atoms with Crippen molar-refractivity contribution in [1.29, 1.82) is 5.41 Å². The van der Waals surface area contributed by atoms with Gasteiger partial charge in [0.2, 0.25) is 0 Å². The lowest BCUT2D eigenvalue weighted by Gasteiger charge is -2.48. The summed E-state index contributed by atoms with van der Waals surface area (Å²) in [5.41, 5.74) is 6.73. The molecule has 1 heterocycles. The second-order valence-electron chi connectivity index (χ2n) is 6.35. The number of halogens is 1. The van der Waals surface area contributed by atoms with E-state index >= 15 is 0 Å². The molecule has 1 aromatic carbocycles. The van der Waals surface area contributed by atoms with Gasteiger partial charge in [0.15, 0.2) is 0 Å². The lowest BCUT2D eigenvalue weighted by molar-refractivity contribution is 0.182. The molecular formula is C16H25ClN4. The Kier molecular flexibility index (Phi) is 5.12. The van der Waals surface area contributed by atoms with Crippen LogP contribution in [0.25, 0.3) is 0 Å². The van der Waals surface area contributed by atoms with E-state index in [1.54, 1.807) is 0 Å². The first-order valence-corrected chi connectivity index (χ1v) is 7.85. The molecule has 0 saturated carbocycles. The van der Waals surface area contributed by atoms with Crippen LogP contribution in [0.3, 0.4) is 0 Å². The number of nitrogens with two attached hydrogens (primary N) is 1. The summed E-state index contributed by atoms with van der Waals surface area (Å²) in [7, 11) is 0. The third-order valence-electron chi connectivity index (χ3n) is 4.04. The van der Waals surface area contributed by atoms with E-state index in [0.717, 1.165) is 37.6 Å². The van der Waals surface area contributed by atoms with E-state index < -0.39 is 0 Å². The summed E-state index contributed by atoms with van der Waals surface area (Å²) in [4.78, 5) is 4.92. The number of hydrogen-bond acceptors (Lipinski definition) is 3. The molecule has 0 radical (unpaired) electrons. The average Bonchev–Trinajstić information content (AvgIpc) is 2.39. The predicted octanol–water partition coefficient (Wildman–Crippen LogP) is 2.96. The highest BCUT2D eigenvalue weighted by Crippen LogP contribution is 2.28. The molecule has 116 valence electrons. The van der Waals surface area contributed by atoms with Crippen molar-refractivity contribution in [2.45, 2.75) is 32.2 Å². The van der Waals surface area contributed by atoms with Crippen LogP contribution in [0.4, 0.5) is 5.69 Å². The van der Waals surface area contributed by atoms with Crippen molar-refractivity contribution in [2.75, 3.05) is 31.1 Å². The number of piperazine rings is 1. The standard InChI is InChI=1S/C16H25ClN4/c1-16(2)12-20(9-3-4-15(18)19)10-11-21(16)14-7-5-13(17)6-8-14/h5-8H,3-4,9-12H2,1-2H3,(H3,18,19). The number of amidine groups is 1. The molecule has 0 bridgehead atoms. The molecule has 0 aromatic heterocycles. The van der Waals surface area contributed by atoms with E-state index in [2.05, 4.69) is 35.8 Å². The van der Waals surface area contributed by atoms with E-state index in [0.29, 0.717) is 6.42 Å². The first-order chi connectivity index (χ1) is 9.88. The maximum absolute atomic E-state index is 7.29. The second-order valence-corrected chi connectivity index (χ2v) is 6.78. The van der Waals surface area contributed by atoms with Gasteiger partial charge in [0.1, 0.15) is 0 Å². The van der Waals surface area contributed by atoms with Gasteiger partial charge in [-0.3, -0.25) is 10.3 Å². The minimum Gasteiger partial charge on any atom is -0.388 e. The van der Waals surface area contributed by atoms with Crippen LogP contribution in [-0.4, -0.2) is 42.5 Å². The molecule has 1 saturated heterocycles. The van der Waals surface area contributed by atoms with Gasteiger partial charge in [-0.1, -0.05) is 11.6 Å². The number of hydrogen-bond donors (Lipinski definition) is 2. The summed E-state index contributed by atoms with van der Waals surface area (Å²) >= 11 is 5.97. The summed E-state index contributed by atoms with van der Waals surface area (Å²) in [6.07, 6.45) is 1.66. The molecule has 5 heteroatoms. The Bertz CT molecular complexity index is 484. The highest BCUT2D eigenvalue weighted by Gasteiger charge is 2.33. The monoisotopic (exact) mass is 308 g/mol. The molecule has 2 rings (SSSR count). The van der Waals surface area contributed by atoms with E-state index in [9.17, 15) is 0 Å². The van der Waals surface area contributed by atoms with E-state index in [4.69, 9.17) is 22.7 Å². The molecule has 1 fully saturated rings. The lowest BCUT2D eigenvalue weighted by atomic mass is 9.97. The summed E-state index contributed by atoms with van der Waals surface area (Å²) in [5.74, 6) is 0.286. The molecule has 1 aliphatic heterocycles. The summed E-state index contributed by atoms with van der Waals surface area (Å²) in [5, 5.41) is 8.07. The second kappa shape index (κ2) is 6.67. The Morgan fingerprint density at radius 1 is 1.29 bits per heavy atom. The average molecular weight is 309 g/mol. The molecule has 3 N–H and O–H groups in total. The SMILES string of the molecule is CC1(C)CN(CCCC(=N)N)CCN1c1ccc(Cl)cc1. The van der Waals surface area contributed by atoms with Gasteiger partial charge in [-0.15, -0.1) is 0 Å². The smallest absolute Gasteiger partial charge is 0.0905 e. The summed E-state index contributed by atoms with van der Waals surface area (Å²) in [6.45, 7) is 8.64. The predicted molar refractivity (Wildman–Crippen MR) is 90.5 cm³/mol. The topological polar surface area (TPSA) is 56.4 Å². The minimum atomic E-state index is 0.0856. The molecule has 1 aliphatic rings. The molecule has 0 atom stereocenters. The molecule has 21 heavy (non-hydrogen) atoms. The number of nitrogens with zero attached hydrogens (tertiary/aromatic N) is 2. The first-order valence-electron chi connectivity index (χ1n) is 7.47. The van der Waals surface area contributed by atoms with Gasteiger partial charge < -0.3 is 10.6 Å². The summed E-state index contributed by atoms with van der Waals surface area (Å²) in [6, 6.07) is 8.09. The van der Waals surface area contributed by atoms with E-state index in [1.165, 1.54) is 5.69 Å². The lowest BCUT2D eigenvalue weighted by Crippen LogP contribution is -2.59. The van der Waals surface area contributed by atoms with Gasteiger partial charge >= 0.3 is 0 Å². The van der Waals surface area contributed by atoms with Crippen molar-refractivity contribution in [2.24, 2.45) is 5.73 Å². The fraction of sp³-hybridized carbons (Fsp3) is 0.562. The number of rotatable bonds is 5. The number of anilines is 1. The van der Waals surface area contributed by atoms with Crippen LogP contribution >= 0.6 is 11.6 Å². The fourth-order valence-electron chi connectivity index (χ4n) is 3.04. The van der Waals surface area contributed by atoms with Crippen molar-refractivity contribution in [3.63, 3.8) is 0 Å². The van der Waals surface area contributed by atoms with Gasteiger partial charge in [-0.2, -0.15) is 0 Å². The molecule has 1 aromatic rings. The third-order valence-corrected chi connectivity index (χ3v) is 4.29. The Morgan fingerprint density at radius 2 is 1.95 bits per heavy atom. The third kappa shape index (κ3) is 4.35. The number of benzene rings is 1. The van der Waals surface area contributed by atoms with Crippen molar-refractivity contribution in [3.05, 3.63) is 29.3 Å². The van der Waals surface area contributed by atoms with Gasteiger partial charge in [0.25, 0.3) is 0 Å². The molecule has 0 amide bonds. The van der Waals surface area contributed by atoms with Crippen molar-refractivity contribution in [3.8, 4) is 0 Å². The Hall–Kier alpha value is -1.26. The normalized spacial score (nSPS) is 18.7. The van der Waals surface area contributed by atoms with Crippen LogP contribution in [0.15, 0.2) is 24.3 Å². The molecular weight excluding hydrogens is 284 g/mol. The van der Waals surface area contributed by atoms with Gasteiger partial charge in [0, 0.05) is 42.3 Å². The zero-order valence-electron chi connectivity index (χ0n) is 12.9. The Balaban J connectivity index is 1.96. The highest BCUT2D eigenvalue weighted by atomic mass is 35.5. The first kappa shape index (κ1) is 16.1. The fourth-order valence-corrected chi connectivity index (χ4v) is 3.17. The van der Waals surface area contributed by atoms with E-state index in [1.807, 2.05) is 12.1 Å². The largest absolute Gasteiger partial charge is 0.388 e.